The van der Waals surface area contributed by atoms with Crippen molar-refractivity contribution in [1.29, 1.82) is 0 Å². The summed E-state index contributed by atoms with van der Waals surface area (Å²) in [6, 6.07) is 20.9. The van der Waals surface area contributed by atoms with Crippen molar-refractivity contribution >= 4 is 10.0 Å². The zero-order valence-corrected chi connectivity index (χ0v) is 18.3. The molecule has 0 spiro atoms. The van der Waals surface area contributed by atoms with Gasteiger partial charge in [-0.15, -0.1) is 0 Å². The van der Waals surface area contributed by atoms with Crippen LogP contribution in [-0.4, -0.2) is 53.6 Å². The van der Waals surface area contributed by atoms with E-state index in [1.165, 1.54) is 11.1 Å². The van der Waals surface area contributed by atoms with Crippen LogP contribution in [0, 0.1) is 6.92 Å². The molecule has 2 heterocycles. The van der Waals surface area contributed by atoms with Crippen molar-refractivity contribution in [3.63, 3.8) is 0 Å². The zero-order chi connectivity index (χ0) is 21.1. The molecular formula is C23H28N4O2S. The number of benzene rings is 2. The van der Waals surface area contributed by atoms with Gasteiger partial charge in [0.05, 0.1) is 11.7 Å². The maximum absolute atomic E-state index is 13.2. The Morgan fingerprint density at radius 2 is 1.43 bits per heavy atom. The Morgan fingerprint density at radius 1 is 0.900 bits per heavy atom. The first kappa shape index (κ1) is 20.8. The number of aryl methyl sites for hydroxylation is 2. The molecule has 0 atom stereocenters. The van der Waals surface area contributed by atoms with Crippen molar-refractivity contribution in [3.05, 3.63) is 83.7 Å². The minimum atomic E-state index is -3.54. The van der Waals surface area contributed by atoms with Crippen molar-refractivity contribution in [2.45, 2.75) is 31.3 Å². The maximum Gasteiger partial charge on any atom is 0.246 e. The molecule has 30 heavy (non-hydrogen) atoms. The van der Waals surface area contributed by atoms with Crippen LogP contribution in [-0.2, 0) is 16.6 Å². The highest BCUT2D eigenvalue weighted by Crippen LogP contribution is 2.30. The first-order valence-corrected chi connectivity index (χ1v) is 11.8. The normalized spacial score (nSPS) is 16.2. The molecule has 0 amide bonds. The van der Waals surface area contributed by atoms with E-state index < -0.39 is 10.0 Å². The molecule has 7 heteroatoms. The van der Waals surface area contributed by atoms with Gasteiger partial charge in [-0.1, -0.05) is 60.7 Å². The molecule has 3 aromatic rings. The molecular weight excluding hydrogens is 396 g/mol. The molecule has 0 unspecified atom stereocenters. The molecule has 1 aromatic heterocycles. The van der Waals surface area contributed by atoms with Gasteiger partial charge in [-0.05, 0) is 25.0 Å². The minimum absolute atomic E-state index is 0.113. The van der Waals surface area contributed by atoms with Gasteiger partial charge >= 0.3 is 0 Å². The largest absolute Gasteiger partial charge is 0.290 e. The lowest BCUT2D eigenvalue weighted by Crippen LogP contribution is -2.49. The quantitative estimate of drug-likeness (QED) is 0.609. The third kappa shape index (κ3) is 4.05. The van der Waals surface area contributed by atoms with E-state index in [2.05, 4.69) is 58.5 Å². The lowest BCUT2D eigenvalue weighted by Gasteiger charge is -2.39. The van der Waals surface area contributed by atoms with Crippen molar-refractivity contribution in [2.75, 3.05) is 26.2 Å². The number of hydrogen-bond acceptors (Lipinski definition) is 4. The summed E-state index contributed by atoms with van der Waals surface area (Å²) < 4.78 is 29.7. The number of nitrogens with zero attached hydrogens (tertiary/aromatic N) is 4. The van der Waals surface area contributed by atoms with E-state index in [9.17, 15) is 8.42 Å². The van der Waals surface area contributed by atoms with Crippen molar-refractivity contribution < 1.29 is 8.42 Å². The second kappa shape index (κ2) is 8.71. The van der Waals surface area contributed by atoms with E-state index >= 15 is 0 Å². The summed E-state index contributed by atoms with van der Waals surface area (Å²) in [6.45, 7) is 6.65. The summed E-state index contributed by atoms with van der Waals surface area (Å²) in [6.07, 6.45) is 1.65. The Labute approximate surface area is 178 Å². The van der Waals surface area contributed by atoms with Crippen LogP contribution in [0.5, 0.6) is 0 Å². The first-order chi connectivity index (χ1) is 14.5. The van der Waals surface area contributed by atoms with Crippen molar-refractivity contribution in [2.24, 2.45) is 0 Å². The maximum atomic E-state index is 13.2. The van der Waals surface area contributed by atoms with Gasteiger partial charge < -0.3 is 0 Å². The summed E-state index contributed by atoms with van der Waals surface area (Å²) in [7, 11) is -3.54. The smallest absolute Gasteiger partial charge is 0.246 e. The Bertz CT molecular complexity index is 1030. The highest BCUT2D eigenvalue weighted by Gasteiger charge is 2.33. The van der Waals surface area contributed by atoms with E-state index in [-0.39, 0.29) is 6.04 Å². The van der Waals surface area contributed by atoms with Gasteiger partial charge in [0, 0.05) is 38.9 Å². The van der Waals surface area contributed by atoms with Crippen LogP contribution in [0.1, 0.15) is 29.8 Å². The van der Waals surface area contributed by atoms with Crippen molar-refractivity contribution in [3.8, 4) is 0 Å². The van der Waals surface area contributed by atoms with E-state index in [0.29, 0.717) is 43.3 Å². The van der Waals surface area contributed by atoms with E-state index in [1.54, 1.807) is 22.1 Å². The molecule has 6 nitrogen and oxygen atoms in total. The number of hydrogen-bond donors (Lipinski definition) is 0. The van der Waals surface area contributed by atoms with Gasteiger partial charge in [0.2, 0.25) is 10.0 Å². The molecule has 0 bridgehead atoms. The molecule has 0 aliphatic carbocycles. The van der Waals surface area contributed by atoms with Crippen LogP contribution in [0.15, 0.2) is 71.8 Å². The molecule has 1 aliphatic rings. The second-order valence-corrected chi connectivity index (χ2v) is 9.50. The summed E-state index contributed by atoms with van der Waals surface area (Å²) in [5.41, 5.74) is 3.01. The lowest BCUT2D eigenvalue weighted by molar-refractivity contribution is 0.156. The summed E-state index contributed by atoms with van der Waals surface area (Å²) in [5, 5.41) is 4.31. The van der Waals surface area contributed by atoms with Crippen LogP contribution >= 0.6 is 0 Å². The molecule has 1 aliphatic heterocycles. The van der Waals surface area contributed by atoms with E-state index in [1.807, 2.05) is 19.1 Å². The second-order valence-electron chi connectivity index (χ2n) is 7.60. The fraction of sp³-hybridized carbons (Fsp3) is 0.348. The van der Waals surface area contributed by atoms with Crippen LogP contribution in [0.4, 0.5) is 0 Å². The van der Waals surface area contributed by atoms with Gasteiger partial charge in [0.15, 0.2) is 0 Å². The first-order valence-electron chi connectivity index (χ1n) is 10.4. The minimum Gasteiger partial charge on any atom is -0.290 e. The Kier molecular flexibility index (Phi) is 6.04. The molecule has 2 aromatic carbocycles. The van der Waals surface area contributed by atoms with Gasteiger partial charge in [-0.3, -0.25) is 9.58 Å². The van der Waals surface area contributed by atoms with E-state index in [0.717, 1.165) is 0 Å². The molecule has 1 saturated heterocycles. The fourth-order valence-corrected chi connectivity index (χ4v) is 5.73. The number of sulfonamides is 1. The average molecular weight is 425 g/mol. The topological polar surface area (TPSA) is 58.4 Å². The predicted molar refractivity (Wildman–Crippen MR) is 118 cm³/mol. The van der Waals surface area contributed by atoms with Crippen LogP contribution in [0.2, 0.25) is 0 Å². The van der Waals surface area contributed by atoms with E-state index in [4.69, 9.17) is 0 Å². The summed E-state index contributed by atoms with van der Waals surface area (Å²) in [4.78, 5) is 2.69. The molecule has 0 saturated carbocycles. The third-order valence-electron chi connectivity index (χ3n) is 5.71. The third-order valence-corrected chi connectivity index (χ3v) is 7.71. The van der Waals surface area contributed by atoms with Crippen LogP contribution in [0.3, 0.4) is 0 Å². The van der Waals surface area contributed by atoms with Gasteiger partial charge in [-0.2, -0.15) is 9.40 Å². The van der Waals surface area contributed by atoms with Crippen molar-refractivity contribution in [1.82, 2.24) is 19.0 Å². The highest BCUT2D eigenvalue weighted by atomic mass is 32.2. The average Bonchev–Trinajstić information content (AvgIpc) is 3.17. The SMILES string of the molecule is CCn1cc(S(=O)(=O)N2CCN(C(c3ccccc3)c3ccccc3)CC2)c(C)n1. The van der Waals surface area contributed by atoms with Crippen LogP contribution in [0.25, 0.3) is 0 Å². The highest BCUT2D eigenvalue weighted by molar-refractivity contribution is 7.89. The summed E-state index contributed by atoms with van der Waals surface area (Å²) >= 11 is 0. The summed E-state index contributed by atoms with van der Waals surface area (Å²) in [5.74, 6) is 0. The zero-order valence-electron chi connectivity index (χ0n) is 17.5. The number of rotatable bonds is 6. The monoisotopic (exact) mass is 424 g/mol. The number of aromatic nitrogens is 2. The Balaban J connectivity index is 1.56. The molecule has 158 valence electrons. The number of piperazine rings is 1. The molecule has 0 radical (unpaired) electrons. The van der Waals surface area contributed by atoms with Gasteiger partial charge in [0.25, 0.3) is 0 Å². The Hall–Kier alpha value is -2.48. The molecule has 0 N–H and O–H groups in total. The molecule has 4 rings (SSSR count). The standard InChI is InChI=1S/C23H28N4O2S/c1-3-26-18-22(19(2)24-26)30(28,29)27-16-14-25(15-17-27)23(20-10-6-4-7-11-20)21-12-8-5-9-13-21/h4-13,18,23H,3,14-17H2,1-2H3. The van der Waals surface area contributed by atoms with Crippen LogP contribution < -0.4 is 0 Å². The molecule has 1 fully saturated rings. The van der Waals surface area contributed by atoms with Gasteiger partial charge in [-0.25, -0.2) is 8.42 Å². The van der Waals surface area contributed by atoms with Gasteiger partial charge in [0.1, 0.15) is 4.90 Å². The lowest BCUT2D eigenvalue weighted by atomic mass is 9.96. The predicted octanol–water partition coefficient (Wildman–Crippen LogP) is 3.31. The Morgan fingerprint density at radius 3 is 1.90 bits per heavy atom. The fourth-order valence-electron chi connectivity index (χ4n) is 4.14.